The van der Waals surface area contributed by atoms with Crippen LogP contribution in [-0.2, 0) is 16.1 Å². The zero-order chi connectivity index (χ0) is 12.2. The molecule has 0 aromatic carbocycles. The van der Waals surface area contributed by atoms with Crippen LogP contribution in [0.15, 0.2) is 22.8 Å². The number of hydrogen-bond acceptors (Lipinski definition) is 3. The Morgan fingerprint density at radius 2 is 2.25 bits per heavy atom. The van der Waals surface area contributed by atoms with E-state index in [0.717, 1.165) is 0 Å². The van der Waals surface area contributed by atoms with Crippen LogP contribution in [0.2, 0.25) is 0 Å². The normalized spacial score (nSPS) is 13.7. The van der Waals surface area contributed by atoms with E-state index in [1.807, 2.05) is 20.8 Å². The summed E-state index contributed by atoms with van der Waals surface area (Å²) in [5.74, 6) is -0.290. The van der Waals surface area contributed by atoms with Gasteiger partial charge in [0.15, 0.2) is 6.10 Å². The van der Waals surface area contributed by atoms with Crippen molar-refractivity contribution in [3.63, 3.8) is 0 Å². The number of carbonyl (C=O) groups is 1. The molecule has 0 fully saturated rings. The highest BCUT2D eigenvalue weighted by molar-refractivity contribution is 5.72. The number of ether oxygens (including phenoxy) is 1. The lowest BCUT2D eigenvalue weighted by atomic mass is 9.89. The Morgan fingerprint density at radius 3 is 2.69 bits per heavy atom. The van der Waals surface area contributed by atoms with Crippen molar-refractivity contribution in [3.8, 4) is 0 Å². The third-order valence-corrected chi connectivity index (χ3v) is 2.08. The standard InChI is InChI=1S/C12H18O4/c1-12(2,3)7-10(11(13)14)16-8-9-5-4-6-15-9/h4-6,10H,7-8H2,1-3H3,(H,13,14). The quantitative estimate of drug-likeness (QED) is 0.838. The van der Waals surface area contributed by atoms with E-state index in [9.17, 15) is 4.79 Å². The van der Waals surface area contributed by atoms with Crippen LogP contribution in [-0.4, -0.2) is 17.2 Å². The van der Waals surface area contributed by atoms with Crippen LogP contribution >= 0.6 is 0 Å². The molecule has 1 aromatic rings. The molecule has 0 spiro atoms. The fourth-order valence-corrected chi connectivity index (χ4v) is 1.35. The molecule has 0 saturated heterocycles. The molecule has 0 amide bonds. The third kappa shape index (κ3) is 4.49. The molecule has 16 heavy (non-hydrogen) atoms. The summed E-state index contributed by atoms with van der Waals surface area (Å²) in [6.45, 7) is 6.15. The molecule has 90 valence electrons. The molecule has 4 nitrogen and oxygen atoms in total. The van der Waals surface area contributed by atoms with E-state index >= 15 is 0 Å². The van der Waals surface area contributed by atoms with Gasteiger partial charge in [0.25, 0.3) is 0 Å². The second-order valence-corrected chi connectivity index (χ2v) is 4.98. The second-order valence-electron chi connectivity index (χ2n) is 4.98. The maximum Gasteiger partial charge on any atom is 0.332 e. The molecule has 0 aliphatic rings. The van der Waals surface area contributed by atoms with E-state index < -0.39 is 12.1 Å². The van der Waals surface area contributed by atoms with Gasteiger partial charge in [-0.15, -0.1) is 0 Å². The Labute approximate surface area is 95.2 Å². The van der Waals surface area contributed by atoms with E-state index in [1.165, 1.54) is 6.26 Å². The van der Waals surface area contributed by atoms with Crippen LogP contribution in [0.3, 0.4) is 0 Å². The maximum absolute atomic E-state index is 11.0. The highest BCUT2D eigenvalue weighted by Crippen LogP contribution is 2.23. The van der Waals surface area contributed by atoms with Crippen LogP contribution in [0.5, 0.6) is 0 Å². The van der Waals surface area contributed by atoms with E-state index in [1.54, 1.807) is 12.1 Å². The molecule has 1 heterocycles. The van der Waals surface area contributed by atoms with Crippen molar-refractivity contribution in [1.29, 1.82) is 0 Å². The van der Waals surface area contributed by atoms with E-state index in [2.05, 4.69) is 0 Å². The van der Waals surface area contributed by atoms with Crippen LogP contribution in [0.4, 0.5) is 0 Å². The Hall–Kier alpha value is -1.29. The van der Waals surface area contributed by atoms with Crippen molar-refractivity contribution >= 4 is 5.97 Å². The van der Waals surface area contributed by atoms with Gasteiger partial charge in [-0.2, -0.15) is 0 Å². The average Bonchev–Trinajstić information content (AvgIpc) is 2.62. The average molecular weight is 226 g/mol. The molecule has 1 aromatic heterocycles. The lowest BCUT2D eigenvalue weighted by Gasteiger charge is -2.23. The van der Waals surface area contributed by atoms with Gasteiger partial charge in [-0.05, 0) is 24.0 Å². The number of hydrogen-bond donors (Lipinski definition) is 1. The highest BCUT2D eigenvalue weighted by Gasteiger charge is 2.25. The molecule has 1 rings (SSSR count). The van der Waals surface area contributed by atoms with Gasteiger partial charge < -0.3 is 14.3 Å². The molecule has 0 radical (unpaired) electrons. The van der Waals surface area contributed by atoms with Gasteiger partial charge in [-0.3, -0.25) is 0 Å². The van der Waals surface area contributed by atoms with Gasteiger partial charge in [-0.1, -0.05) is 20.8 Å². The fraction of sp³-hybridized carbons (Fsp3) is 0.583. The summed E-state index contributed by atoms with van der Waals surface area (Å²) in [4.78, 5) is 11.0. The Bertz CT molecular complexity index is 321. The lowest BCUT2D eigenvalue weighted by molar-refractivity contribution is -0.153. The number of furan rings is 1. The minimum atomic E-state index is -0.929. The topological polar surface area (TPSA) is 59.7 Å². The SMILES string of the molecule is CC(C)(C)CC(OCc1ccco1)C(=O)O. The highest BCUT2D eigenvalue weighted by atomic mass is 16.5. The Kier molecular flexibility index (Phi) is 4.12. The molecular formula is C12H18O4. The van der Waals surface area contributed by atoms with Gasteiger partial charge in [0.05, 0.1) is 6.26 Å². The second kappa shape index (κ2) is 5.16. The lowest BCUT2D eigenvalue weighted by Crippen LogP contribution is -2.28. The predicted octanol–water partition coefficient (Wildman–Crippen LogP) is 2.69. The summed E-state index contributed by atoms with van der Waals surface area (Å²) in [6, 6.07) is 3.51. The summed E-state index contributed by atoms with van der Waals surface area (Å²) in [5, 5.41) is 9.01. The first-order chi connectivity index (χ1) is 7.38. The maximum atomic E-state index is 11.0. The molecule has 0 aliphatic heterocycles. The molecule has 4 heteroatoms. The van der Waals surface area contributed by atoms with Gasteiger partial charge in [0, 0.05) is 0 Å². The van der Waals surface area contributed by atoms with Crippen molar-refractivity contribution in [3.05, 3.63) is 24.2 Å². The van der Waals surface area contributed by atoms with Gasteiger partial charge in [-0.25, -0.2) is 4.79 Å². The van der Waals surface area contributed by atoms with Gasteiger partial charge >= 0.3 is 5.97 Å². The number of rotatable bonds is 5. The third-order valence-electron chi connectivity index (χ3n) is 2.08. The molecule has 1 unspecified atom stereocenters. The largest absolute Gasteiger partial charge is 0.479 e. The van der Waals surface area contributed by atoms with Crippen molar-refractivity contribution in [2.45, 2.75) is 39.9 Å². The van der Waals surface area contributed by atoms with Crippen molar-refractivity contribution in [2.75, 3.05) is 0 Å². The molecule has 0 bridgehead atoms. The minimum Gasteiger partial charge on any atom is -0.479 e. The van der Waals surface area contributed by atoms with Crippen molar-refractivity contribution < 1.29 is 19.1 Å². The summed E-state index contributed by atoms with van der Waals surface area (Å²) in [7, 11) is 0. The number of carboxylic acids is 1. The first kappa shape index (κ1) is 12.8. The fourth-order valence-electron chi connectivity index (χ4n) is 1.35. The van der Waals surface area contributed by atoms with Crippen LogP contribution in [0.25, 0.3) is 0 Å². The predicted molar refractivity (Wildman–Crippen MR) is 59.0 cm³/mol. The number of carboxylic acid groups (broad SMARTS) is 1. The Balaban J connectivity index is 2.49. The monoisotopic (exact) mass is 226 g/mol. The molecule has 0 saturated carbocycles. The molecule has 1 N–H and O–H groups in total. The van der Waals surface area contributed by atoms with E-state index in [4.69, 9.17) is 14.3 Å². The molecule has 1 atom stereocenters. The zero-order valence-corrected chi connectivity index (χ0v) is 9.90. The number of aliphatic carboxylic acids is 1. The van der Waals surface area contributed by atoms with Crippen LogP contribution in [0, 0.1) is 5.41 Å². The first-order valence-electron chi connectivity index (χ1n) is 5.25. The summed E-state index contributed by atoms with van der Waals surface area (Å²) < 4.78 is 10.4. The summed E-state index contributed by atoms with van der Waals surface area (Å²) in [6.07, 6.45) is 1.23. The zero-order valence-electron chi connectivity index (χ0n) is 9.90. The molecule has 0 aliphatic carbocycles. The van der Waals surface area contributed by atoms with Gasteiger partial charge in [0.2, 0.25) is 0 Å². The van der Waals surface area contributed by atoms with Gasteiger partial charge in [0.1, 0.15) is 12.4 Å². The van der Waals surface area contributed by atoms with Crippen molar-refractivity contribution in [2.24, 2.45) is 5.41 Å². The molecular weight excluding hydrogens is 208 g/mol. The van der Waals surface area contributed by atoms with E-state index in [-0.39, 0.29) is 12.0 Å². The Morgan fingerprint density at radius 1 is 1.56 bits per heavy atom. The van der Waals surface area contributed by atoms with E-state index in [0.29, 0.717) is 12.2 Å². The smallest absolute Gasteiger partial charge is 0.332 e. The summed E-state index contributed by atoms with van der Waals surface area (Å²) in [5.41, 5.74) is -0.0772. The van der Waals surface area contributed by atoms with Crippen LogP contribution < -0.4 is 0 Å². The van der Waals surface area contributed by atoms with Crippen LogP contribution in [0.1, 0.15) is 33.0 Å². The first-order valence-corrected chi connectivity index (χ1v) is 5.25. The van der Waals surface area contributed by atoms with Crippen molar-refractivity contribution in [1.82, 2.24) is 0 Å². The summed E-state index contributed by atoms with van der Waals surface area (Å²) >= 11 is 0. The minimum absolute atomic E-state index is 0.0772.